The lowest BCUT2D eigenvalue weighted by molar-refractivity contribution is -0.140. The van der Waals surface area contributed by atoms with Gasteiger partial charge in [-0.1, -0.05) is 29.8 Å². The van der Waals surface area contributed by atoms with Gasteiger partial charge in [-0.3, -0.25) is 9.59 Å². The number of carbonyl (C=O) groups excluding carboxylic acids is 2. The standard InChI is InChI=1S/C24H25NO5/c1-15-5-7-16(8-6-15)21-20(22(26)17-9-11-18(29-2)12-10-17)23(27)24(28)25(21)14-19-4-3-13-30-19/h5-12,19,21,26H,3-4,13-14H2,1-2H3/b22-20+/t19-,21+/m0/s1. The van der Waals surface area contributed by atoms with Crippen molar-refractivity contribution in [1.82, 2.24) is 4.90 Å². The van der Waals surface area contributed by atoms with Crippen LogP contribution in [0, 0.1) is 6.92 Å². The number of rotatable bonds is 5. The molecule has 2 heterocycles. The number of likely N-dealkylation sites (tertiary alicyclic amines) is 1. The quantitative estimate of drug-likeness (QED) is 0.466. The van der Waals surface area contributed by atoms with Crippen molar-refractivity contribution in [3.63, 3.8) is 0 Å². The van der Waals surface area contributed by atoms with E-state index in [1.165, 1.54) is 4.90 Å². The lowest BCUT2D eigenvalue weighted by atomic mass is 9.94. The Balaban J connectivity index is 1.80. The topological polar surface area (TPSA) is 76.1 Å². The summed E-state index contributed by atoms with van der Waals surface area (Å²) in [6, 6.07) is 13.8. The number of ketones is 1. The largest absolute Gasteiger partial charge is 0.507 e. The van der Waals surface area contributed by atoms with Gasteiger partial charge in [-0.05, 0) is 49.6 Å². The Morgan fingerprint density at radius 2 is 1.83 bits per heavy atom. The van der Waals surface area contributed by atoms with Crippen LogP contribution in [0.3, 0.4) is 0 Å². The Morgan fingerprint density at radius 3 is 2.43 bits per heavy atom. The van der Waals surface area contributed by atoms with E-state index < -0.39 is 17.7 Å². The van der Waals surface area contributed by atoms with Gasteiger partial charge in [0.2, 0.25) is 0 Å². The van der Waals surface area contributed by atoms with E-state index in [-0.39, 0.29) is 17.4 Å². The second kappa shape index (κ2) is 8.32. The normalized spacial score (nSPS) is 23.2. The fourth-order valence-corrected chi connectivity index (χ4v) is 4.08. The summed E-state index contributed by atoms with van der Waals surface area (Å²) in [6.07, 6.45) is 1.69. The second-order valence-corrected chi connectivity index (χ2v) is 7.73. The van der Waals surface area contributed by atoms with Crippen LogP contribution in [0.1, 0.15) is 35.6 Å². The van der Waals surface area contributed by atoms with Crippen LogP contribution in [-0.4, -0.2) is 48.1 Å². The van der Waals surface area contributed by atoms with Gasteiger partial charge in [0.25, 0.3) is 11.7 Å². The molecule has 1 N–H and O–H groups in total. The molecule has 2 saturated heterocycles. The molecule has 2 aromatic carbocycles. The lowest BCUT2D eigenvalue weighted by Gasteiger charge is -2.27. The summed E-state index contributed by atoms with van der Waals surface area (Å²) in [5.41, 5.74) is 2.42. The number of Topliss-reactive ketones (excluding diaryl/α,β-unsaturated/α-hetero) is 1. The molecule has 2 aliphatic heterocycles. The molecule has 0 unspecified atom stereocenters. The van der Waals surface area contributed by atoms with Gasteiger partial charge in [-0.25, -0.2) is 0 Å². The van der Waals surface area contributed by atoms with E-state index in [4.69, 9.17) is 9.47 Å². The Kier molecular flexibility index (Phi) is 5.59. The molecule has 1 amide bonds. The maximum absolute atomic E-state index is 13.0. The van der Waals surface area contributed by atoms with Gasteiger partial charge < -0.3 is 19.5 Å². The van der Waals surface area contributed by atoms with Crippen molar-refractivity contribution in [1.29, 1.82) is 0 Å². The van der Waals surface area contributed by atoms with Crippen molar-refractivity contribution in [3.8, 4) is 5.75 Å². The SMILES string of the molecule is COc1ccc(/C(O)=C2\C(=O)C(=O)N(C[C@@H]3CCCO3)[C@@H]2c2ccc(C)cc2)cc1. The molecule has 156 valence electrons. The van der Waals surface area contributed by atoms with Gasteiger partial charge in [-0.15, -0.1) is 0 Å². The summed E-state index contributed by atoms with van der Waals surface area (Å²) in [5.74, 6) is -0.824. The first kappa shape index (κ1) is 20.2. The third-order valence-electron chi connectivity index (χ3n) is 5.72. The molecule has 0 saturated carbocycles. The maximum Gasteiger partial charge on any atom is 0.295 e. The van der Waals surface area contributed by atoms with Crippen LogP contribution in [0.2, 0.25) is 0 Å². The van der Waals surface area contributed by atoms with Crippen LogP contribution >= 0.6 is 0 Å². The first-order valence-corrected chi connectivity index (χ1v) is 10.1. The highest BCUT2D eigenvalue weighted by atomic mass is 16.5. The maximum atomic E-state index is 13.0. The Morgan fingerprint density at radius 1 is 1.13 bits per heavy atom. The molecular weight excluding hydrogens is 382 g/mol. The van der Waals surface area contributed by atoms with Crippen LogP contribution in [-0.2, 0) is 14.3 Å². The van der Waals surface area contributed by atoms with Crippen molar-refractivity contribution >= 4 is 17.4 Å². The van der Waals surface area contributed by atoms with Crippen molar-refractivity contribution < 1.29 is 24.2 Å². The van der Waals surface area contributed by atoms with E-state index in [2.05, 4.69) is 0 Å². The molecule has 0 spiro atoms. The van der Waals surface area contributed by atoms with Crippen LogP contribution in [0.4, 0.5) is 0 Å². The minimum atomic E-state index is -0.674. The highest BCUT2D eigenvalue weighted by molar-refractivity contribution is 6.46. The van der Waals surface area contributed by atoms with Gasteiger partial charge in [0.15, 0.2) is 0 Å². The number of aliphatic hydroxyl groups excluding tert-OH is 1. The number of carbonyl (C=O) groups is 2. The summed E-state index contributed by atoms with van der Waals surface area (Å²) < 4.78 is 10.9. The zero-order chi connectivity index (χ0) is 21.3. The second-order valence-electron chi connectivity index (χ2n) is 7.73. The van der Waals surface area contributed by atoms with Crippen molar-refractivity contribution in [3.05, 3.63) is 70.8 Å². The van der Waals surface area contributed by atoms with Gasteiger partial charge in [0.1, 0.15) is 11.5 Å². The highest BCUT2D eigenvalue weighted by Gasteiger charge is 2.47. The summed E-state index contributed by atoms with van der Waals surface area (Å²) in [4.78, 5) is 27.5. The Labute approximate surface area is 175 Å². The summed E-state index contributed by atoms with van der Waals surface area (Å²) in [5, 5.41) is 11.0. The molecule has 0 aromatic heterocycles. The lowest BCUT2D eigenvalue weighted by Crippen LogP contribution is -2.36. The number of aryl methyl sites for hydroxylation is 1. The summed E-state index contributed by atoms with van der Waals surface area (Å²) in [6.45, 7) is 2.96. The van der Waals surface area contributed by atoms with Crippen molar-refractivity contribution in [2.45, 2.75) is 31.9 Å². The van der Waals surface area contributed by atoms with Crippen molar-refractivity contribution in [2.24, 2.45) is 0 Å². The number of aliphatic hydroxyl groups is 1. The van der Waals surface area contributed by atoms with Gasteiger partial charge in [-0.2, -0.15) is 0 Å². The van der Waals surface area contributed by atoms with E-state index in [1.54, 1.807) is 31.4 Å². The average Bonchev–Trinajstić information content (AvgIpc) is 3.36. The number of benzene rings is 2. The van der Waals surface area contributed by atoms with E-state index >= 15 is 0 Å². The van der Waals surface area contributed by atoms with E-state index in [1.807, 2.05) is 31.2 Å². The van der Waals surface area contributed by atoms with E-state index in [0.29, 0.717) is 24.5 Å². The highest BCUT2D eigenvalue weighted by Crippen LogP contribution is 2.40. The zero-order valence-electron chi connectivity index (χ0n) is 17.1. The zero-order valence-corrected chi connectivity index (χ0v) is 17.1. The molecule has 30 heavy (non-hydrogen) atoms. The average molecular weight is 407 g/mol. The molecule has 0 aliphatic carbocycles. The Bertz CT molecular complexity index is 972. The number of amides is 1. The molecular formula is C24H25NO5. The molecule has 4 rings (SSSR count). The minimum Gasteiger partial charge on any atom is -0.507 e. The molecule has 0 radical (unpaired) electrons. The predicted octanol–water partition coefficient (Wildman–Crippen LogP) is 3.60. The number of hydrogen-bond donors (Lipinski definition) is 1. The third-order valence-corrected chi connectivity index (χ3v) is 5.72. The molecule has 6 nitrogen and oxygen atoms in total. The van der Waals surface area contributed by atoms with Crippen LogP contribution in [0.5, 0.6) is 5.75 Å². The smallest absolute Gasteiger partial charge is 0.295 e. The van der Waals surface area contributed by atoms with Crippen molar-refractivity contribution in [2.75, 3.05) is 20.3 Å². The molecule has 6 heteroatoms. The summed E-state index contributed by atoms with van der Waals surface area (Å²) in [7, 11) is 1.56. The number of methoxy groups -OCH3 is 1. The Hall–Kier alpha value is -3.12. The van der Waals surface area contributed by atoms with Gasteiger partial charge in [0.05, 0.1) is 24.8 Å². The predicted molar refractivity (Wildman–Crippen MR) is 112 cm³/mol. The van der Waals surface area contributed by atoms with Crippen LogP contribution in [0.15, 0.2) is 54.1 Å². The van der Waals surface area contributed by atoms with Gasteiger partial charge >= 0.3 is 0 Å². The van der Waals surface area contributed by atoms with Crippen LogP contribution in [0.25, 0.3) is 5.76 Å². The monoisotopic (exact) mass is 407 g/mol. The molecule has 2 aromatic rings. The number of nitrogens with zero attached hydrogens (tertiary/aromatic N) is 1. The molecule has 2 aliphatic rings. The van der Waals surface area contributed by atoms with E-state index in [9.17, 15) is 14.7 Å². The number of ether oxygens (including phenoxy) is 2. The molecule has 2 fully saturated rings. The third kappa shape index (κ3) is 3.71. The van der Waals surface area contributed by atoms with Crippen LogP contribution < -0.4 is 4.74 Å². The summed E-state index contributed by atoms with van der Waals surface area (Å²) >= 11 is 0. The minimum absolute atomic E-state index is 0.0998. The number of hydrogen-bond acceptors (Lipinski definition) is 5. The van der Waals surface area contributed by atoms with Gasteiger partial charge in [0, 0.05) is 18.7 Å². The fraction of sp³-hybridized carbons (Fsp3) is 0.333. The van der Waals surface area contributed by atoms with E-state index in [0.717, 1.165) is 24.0 Å². The fourth-order valence-electron chi connectivity index (χ4n) is 4.08. The first-order valence-electron chi connectivity index (χ1n) is 10.1. The molecule has 2 atom stereocenters. The molecule has 0 bridgehead atoms. The first-order chi connectivity index (χ1) is 14.5.